The van der Waals surface area contributed by atoms with E-state index in [9.17, 15) is 14.4 Å². The van der Waals surface area contributed by atoms with Gasteiger partial charge in [0, 0.05) is 15.6 Å². The number of benzene rings is 3. The Morgan fingerprint density at radius 3 is 2.30 bits per heavy atom. The van der Waals surface area contributed by atoms with Crippen molar-refractivity contribution >= 4 is 39.4 Å². The summed E-state index contributed by atoms with van der Waals surface area (Å²) in [5.74, 6) is -1.17. The maximum absolute atomic E-state index is 13.7. The van der Waals surface area contributed by atoms with Gasteiger partial charge in [-0.2, -0.15) is 0 Å². The van der Waals surface area contributed by atoms with Crippen molar-refractivity contribution in [2.45, 2.75) is 6.04 Å². The van der Waals surface area contributed by atoms with E-state index < -0.39 is 24.6 Å². The number of hydrogen-bond donors (Lipinski definition) is 3. The van der Waals surface area contributed by atoms with Crippen LogP contribution in [0.1, 0.15) is 27.5 Å². The van der Waals surface area contributed by atoms with Crippen LogP contribution in [0, 0.1) is 0 Å². The highest BCUT2D eigenvalue weighted by Gasteiger charge is 2.35. The molecule has 7 nitrogen and oxygen atoms in total. The molecule has 0 radical (unpaired) electrons. The van der Waals surface area contributed by atoms with Gasteiger partial charge in [-0.25, -0.2) is 9.59 Å². The first-order valence-electron chi connectivity index (χ1n) is 10.0. The van der Waals surface area contributed by atoms with Crippen LogP contribution in [0.5, 0.6) is 5.75 Å². The first-order chi connectivity index (χ1) is 15.9. The van der Waals surface area contributed by atoms with E-state index in [-0.39, 0.29) is 11.5 Å². The maximum Gasteiger partial charge on any atom is 0.341 e. The van der Waals surface area contributed by atoms with Gasteiger partial charge < -0.3 is 20.5 Å². The molecular formula is C25H19BrN2O5. The number of nitrogens with one attached hydrogen (secondary N) is 2. The molecular weight excluding hydrogens is 488 g/mol. The van der Waals surface area contributed by atoms with Gasteiger partial charge in [-0.05, 0) is 23.8 Å². The predicted octanol–water partition coefficient (Wildman–Crippen LogP) is 4.56. The number of carbonyl (C=O) groups is 3. The molecule has 0 bridgehead atoms. The smallest absolute Gasteiger partial charge is 0.341 e. The molecule has 1 aliphatic heterocycles. The number of aliphatic carboxylic acids is 1. The number of hydrogen-bond acceptors (Lipinski definition) is 4. The lowest BCUT2D eigenvalue weighted by Crippen LogP contribution is -2.45. The van der Waals surface area contributed by atoms with Crippen LogP contribution >= 0.6 is 15.9 Å². The summed E-state index contributed by atoms with van der Waals surface area (Å²) < 4.78 is 6.17. The first-order valence-corrected chi connectivity index (χ1v) is 10.8. The number of ether oxygens (including phenoxy) is 1. The molecule has 1 aliphatic rings. The molecule has 33 heavy (non-hydrogen) atoms. The van der Waals surface area contributed by atoms with Crippen LogP contribution in [0.15, 0.2) is 88.9 Å². The number of Topliss-reactive ketones (excluding diaryl/α,β-unsaturated/α-hetero) is 1. The number of carboxylic acid groups (broad SMARTS) is 1. The number of halogens is 1. The largest absolute Gasteiger partial charge is 0.482 e. The van der Waals surface area contributed by atoms with Crippen LogP contribution in [0.25, 0.3) is 5.70 Å². The highest BCUT2D eigenvalue weighted by atomic mass is 79.9. The predicted molar refractivity (Wildman–Crippen MR) is 126 cm³/mol. The minimum absolute atomic E-state index is 0.249. The van der Waals surface area contributed by atoms with Gasteiger partial charge in [0.25, 0.3) is 0 Å². The zero-order valence-electron chi connectivity index (χ0n) is 17.2. The Morgan fingerprint density at radius 2 is 1.64 bits per heavy atom. The molecule has 0 aromatic heterocycles. The van der Waals surface area contributed by atoms with E-state index in [1.54, 1.807) is 54.6 Å². The molecule has 3 aromatic carbocycles. The molecule has 2 amide bonds. The van der Waals surface area contributed by atoms with Crippen molar-refractivity contribution in [2.75, 3.05) is 6.61 Å². The molecule has 0 unspecified atom stereocenters. The lowest BCUT2D eigenvalue weighted by molar-refractivity contribution is -0.139. The monoisotopic (exact) mass is 506 g/mol. The minimum atomic E-state index is -1.14. The Hall–Kier alpha value is -3.91. The van der Waals surface area contributed by atoms with E-state index in [0.717, 1.165) is 0 Å². The molecule has 0 saturated heterocycles. The zero-order valence-corrected chi connectivity index (χ0v) is 18.8. The van der Waals surface area contributed by atoms with Gasteiger partial charge in [0.1, 0.15) is 5.75 Å². The van der Waals surface area contributed by atoms with E-state index in [2.05, 4.69) is 26.6 Å². The topological polar surface area (TPSA) is 105 Å². The van der Waals surface area contributed by atoms with Crippen LogP contribution in [0.4, 0.5) is 4.79 Å². The zero-order chi connectivity index (χ0) is 23.4. The lowest BCUT2D eigenvalue weighted by Gasteiger charge is -2.31. The molecule has 0 spiro atoms. The van der Waals surface area contributed by atoms with Gasteiger partial charge in [-0.15, -0.1) is 0 Å². The molecule has 3 N–H and O–H groups in total. The van der Waals surface area contributed by atoms with E-state index >= 15 is 0 Å². The first kappa shape index (κ1) is 22.3. The summed E-state index contributed by atoms with van der Waals surface area (Å²) in [5.41, 5.74) is 2.26. The fraction of sp³-hybridized carbons (Fsp3) is 0.0800. The summed E-state index contributed by atoms with van der Waals surface area (Å²) >= 11 is 3.42. The second kappa shape index (κ2) is 9.70. The van der Waals surface area contributed by atoms with Crippen LogP contribution < -0.4 is 15.4 Å². The van der Waals surface area contributed by atoms with E-state index in [4.69, 9.17) is 9.84 Å². The van der Waals surface area contributed by atoms with Gasteiger partial charge in [0.05, 0.1) is 17.3 Å². The number of amides is 2. The second-order valence-corrected chi connectivity index (χ2v) is 8.16. The van der Waals surface area contributed by atoms with Gasteiger partial charge in [-0.1, -0.05) is 76.6 Å². The third kappa shape index (κ3) is 4.96. The fourth-order valence-corrected chi connectivity index (χ4v) is 4.01. The molecule has 3 aromatic rings. The summed E-state index contributed by atoms with van der Waals surface area (Å²) in [6, 6.07) is 21.5. The van der Waals surface area contributed by atoms with E-state index in [0.29, 0.717) is 32.4 Å². The molecule has 0 fully saturated rings. The van der Waals surface area contributed by atoms with Crippen LogP contribution in [0.3, 0.4) is 0 Å². The summed E-state index contributed by atoms with van der Waals surface area (Å²) in [4.78, 5) is 37.5. The molecule has 0 aliphatic carbocycles. The molecule has 1 atom stereocenters. The maximum atomic E-state index is 13.7. The number of carbonyl (C=O) groups excluding carboxylic acids is 2. The fourth-order valence-electron chi connectivity index (χ4n) is 3.64. The Bertz CT molecular complexity index is 1240. The van der Waals surface area contributed by atoms with Crippen molar-refractivity contribution in [3.05, 3.63) is 106 Å². The summed E-state index contributed by atoms with van der Waals surface area (Å²) in [5, 5.41) is 14.7. The normalized spacial score (nSPS) is 15.4. The molecule has 4 rings (SSSR count). The second-order valence-electron chi connectivity index (χ2n) is 7.25. The van der Waals surface area contributed by atoms with Crippen molar-refractivity contribution in [1.29, 1.82) is 0 Å². The van der Waals surface area contributed by atoms with Gasteiger partial charge in [-0.3, -0.25) is 4.79 Å². The van der Waals surface area contributed by atoms with Gasteiger partial charge in [0.2, 0.25) is 0 Å². The van der Waals surface area contributed by atoms with Crippen molar-refractivity contribution in [3.63, 3.8) is 0 Å². The molecule has 1 heterocycles. The van der Waals surface area contributed by atoms with E-state index in [1.807, 2.05) is 24.3 Å². The van der Waals surface area contributed by atoms with Crippen molar-refractivity contribution in [1.82, 2.24) is 10.6 Å². The van der Waals surface area contributed by atoms with Crippen molar-refractivity contribution < 1.29 is 24.2 Å². The van der Waals surface area contributed by atoms with Crippen LogP contribution in [-0.4, -0.2) is 29.5 Å². The minimum Gasteiger partial charge on any atom is -0.482 e. The Kier molecular flexibility index (Phi) is 6.55. The SMILES string of the molecule is O=C(O)COc1ccc(Br)cc1[C@H]1NC(=O)NC(c2ccccc2)=C1C(=O)c1ccccc1. The average molecular weight is 507 g/mol. The number of ketones is 1. The summed E-state index contributed by atoms with van der Waals surface area (Å²) in [7, 11) is 0. The summed E-state index contributed by atoms with van der Waals surface area (Å²) in [6.45, 7) is -0.565. The highest BCUT2D eigenvalue weighted by Crippen LogP contribution is 2.38. The number of rotatable bonds is 7. The van der Waals surface area contributed by atoms with Gasteiger partial charge in [0.15, 0.2) is 12.4 Å². The molecule has 166 valence electrons. The van der Waals surface area contributed by atoms with Crippen LogP contribution in [0.2, 0.25) is 0 Å². The van der Waals surface area contributed by atoms with Gasteiger partial charge >= 0.3 is 12.0 Å². The quantitative estimate of drug-likeness (QED) is 0.407. The van der Waals surface area contributed by atoms with E-state index in [1.165, 1.54) is 0 Å². The van der Waals surface area contributed by atoms with Crippen molar-refractivity contribution in [3.8, 4) is 5.75 Å². The Balaban J connectivity index is 1.93. The number of urea groups is 1. The van der Waals surface area contributed by atoms with Crippen molar-refractivity contribution in [2.24, 2.45) is 0 Å². The number of carboxylic acids is 1. The van der Waals surface area contributed by atoms with Crippen LogP contribution in [-0.2, 0) is 4.79 Å². The Morgan fingerprint density at radius 1 is 0.970 bits per heavy atom. The lowest BCUT2D eigenvalue weighted by atomic mass is 9.87. The average Bonchev–Trinajstić information content (AvgIpc) is 2.83. The highest BCUT2D eigenvalue weighted by molar-refractivity contribution is 9.10. The standard InChI is InChI=1S/C25H19BrN2O5/c26-17-11-12-19(33-14-20(29)30)18(13-17)23-21(24(31)16-9-5-2-6-10-16)22(27-25(32)28-23)15-7-3-1-4-8-15/h1-13,23H,14H2,(H,29,30)(H2,27,28,32)/t23-/m1/s1. The third-order valence-electron chi connectivity index (χ3n) is 5.05. The summed E-state index contributed by atoms with van der Waals surface area (Å²) in [6.07, 6.45) is 0. The Labute approximate surface area is 198 Å². The molecule has 0 saturated carbocycles. The molecule has 8 heteroatoms. The third-order valence-corrected chi connectivity index (χ3v) is 5.54.